The van der Waals surface area contributed by atoms with Gasteiger partial charge in [0.1, 0.15) is 5.75 Å². The molecule has 6 nitrogen and oxygen atoms in total. The highest BCUT2D eigenvalue weighted by Gasteiger charge is 2.32. The van der Waals surface area contributed by atoms with Crippen molar-refractivity contribution in [3.05, 3.63) is 53.6 Å². The van der Waals surface area contributed by atoms with Gasteiger partial charge in [-0.05, 0) is 57.7 Å². The molecule has 2 amide bonds. The third kappa shape index (κ3) is 4.27. The number of carbonyl (C=O) groups excluding carboxylic acids is 2. The van der Waals surface area contributed by atoms with Crippen LogP contribution < -0.4 is 14.5 Å². The van der Waals surface area contributed by atoms with Crippen LogP contribution in [0.3, 0.4) is 0 Å². The summed E-state index contributed by atoms with van der Waals surface area (Å²) >= 11 is 0. The van der Waals surface area contributed by atoms with E-state index in [1.54, 1.807) is 41.2 Å². The van der Waals surface area contributed by atoms with Gasteiger partial charge in [0, 0.05) is 19.2 Å². The number of benzene rings is 2. The minimum absolute atomic E-state index is 0.0949. The number of nitrogens with zero attached hydrogens (tertiary/aromatic N) is 3. The zero-order valence-electron chi connectivity index (χ0n) is 17.6. The molecule has 0 aromatic heterocycles. The Kier molecular flexibility index (Phi) is 6.54. The van der Waals surface area contributed by atoms with Crippen LogP contribution in [-0.4, -0.2) is 57.6 Å². The van der Waals surface area contributed by atoms with Crippen LogP contribution in [0.25, 0.3) is 0 Å². The van der Waals surface area contributed by atoms with Crippen molar-refractivity contribution in [1.29, 1.82) is 0 Å². The van der Waals surface area contributed by atoms with E-state index in [0.29, 0.717) is 41.3 Å². The number of amides is 2. The highest BCUT2D eigenvalue weighted by Crippen LogP contribution is 2.35. The van der Waals surface area contributed by atoms with E-state index in [0.717, 1.165) is 19.4 Å². The Labute approximate surface area is 172 Å². The molecule has 0 saturated carbocycles. The summed E-state index contributed by atoms with van der Waals surface area (Å²) in [5.74, 6) is 0.433. The Bertz CT molecular complexity index is 895. The summed E-state index contributed by atoms with van der Waals surface area (Å²) in [6.45, 7) is 3.95. The molecule has 0 bridgehead atoms. The lowest BCUT2D eigenvalue weighted by molar-refractivity contribution is 0.0973. The molecule has 0 unspecified atom stereocenters. The first-order valence-electron chi connectivity index (χ1n) is 10.0. The summed E-state index contributed by atoms with van der Waals surface area (Å²) < 4.78 is 5.39. The maximum absolute atomic E-state index is 13.6. The van der Waals surface area contributed by atoms with Gasteiger partial charge in [-0.1, -0.05) is 19.1 Å². The molecule has 0 saturated heterocycles. The minimum Gasteiger partial charge on any atom is -0.497 e. The summed E-state index contributed by atoms with van der Waals surface area (Å²) in [6, 6.07) is 12.7. The predicted octanol–water partition coefficient (Wildman–Crippen LogP) is 3.66. The second-order valence-corrected chi connectivity index (χ2v) is 7.47. The van der Waals surface area contributed by atoms with Gasteiger partial charge in [-0.15, -0.1) is 0 Å². The molecular weight excluding hydrogens is 366 g/mol. The van der Waals surface area contributed by atoms with Gasteiger partial charge in [0.2, 0.25) is 0 Å². The normalized spacial score (nSPS) is 13.8. The highest BCUT2D eigenvalue weighted by molar-refractivity contribution is 6.20. The molecule has 0 aliphatic carbocycles. The van der Waals surface area contributed by atoms with Crippen molar-refractivity contribution in [2.45, 2.75) is 19.8 Å². The maximum Gasteiger partial charge on any atom is 0.260 e. The Morgan fingerprint density at radius 2 is 1.55 bits per heavy atom. The van der Waals surface area contributed by atoms with Crippen LogP contribution in [0.15, 0.2) is 42.5 Å². The fourth-order valence-corrected chi connectivity index (χ4v) is 3.65. The number of anilines is 2. The van der Waals surface area contributed by atoms with E-state index < -0.39 is 0 Å². The Morgan fingerprint density at radius 1 is 0.897 bits per heavy atom. The van der Waals surface area contributed by atoms with Crippen molar-refractivity contribution in [3.63, 3.8) is 0 Å². The van der Waals surface area contributed by atoms with Crippen molar-refractivity contribution in [3.8, 4) is 5.75 Å². The summed E-state index contributed by atoms with van der Waals surface area (Å²) in [7, 11) is 5.60. The molecule has 29 heavy (non-hydrogen) atoms. The fourth-order valence-electron chi connectivity index (χ4n) is 3.65. The smallest absolute Gasteiger partial charge is 0.260 e. The van der Waals surface area contributed by atoms with E-state index in [9.17, 15) is 9.59 Å². The van der Waals surface area contributed by atoms with Crippen LogP contribution in [0.2, 0.25) is 0 Å². The van der Waals surface area contributed by atoms with Gasteiger partial charge in [0.15, 0.2) is 0 Å². The number of fused-ring (bicyclic) bond motifs is 2. The monoisotopic (exact) mass is 395 g/mol. The molecule has 1 aliphatic rings. The molecule has 6 heteroatoms. The van der Waals surface area contributed by atoms with Gasteiger partial charge in [-0.3, -0.25) is 9.59 Å². The molecular formula is C23H29N3O3. The topological polar surface area (TPSA) is 53.1 Å². The lowest BCUT2D eigenvalue weighted by atomic mass is 10.0. The summed E-state index contributed by atoms with van der Waals surface area (Å²) in [5, 5.41) is 0. The van der Waals surface area contributed by atoms with Gasteiger partial charge in [-0.2, -0.15) is 0 Å². The Balaban J connectivity index is 2.16. The number of rotatable bonds is 7. The summed E-state index contributed by atoms with van der Waals surface area (Å²) in [6.07, 6.45) is 1.59. The second kappa shape index (κ2) is 9.09. The first-order chi connectivity index (χ1) is 14.0. The molecule has 0 spiro atoms. The quantitative estimate of drug-likeness (QED) is 0.718. The first kappa shape index (κ1) is 20.9. The molecule has 0 radical (unpaired) electrons. The predicted molar refractivity (Wildman–Crippen MR) is 116 cm³/mol. The van der Waals surface area contributed by atoms with Gasteiger partial charge < -0.3 is 19.4 Å². The summed E-state index contributed by atoms with van der Waals surface area (Å²) in [4.78, 5) is 32.7. The van der Waals surface area contributed by atoms with Crippen LogP contribution in [0.1, 0.15) is 40.5 Å². The van der Waals surface area contributed by atoms with Crippen molar-refractivity contribution < 1.29 is 14.3 Å². The first-order valence-corrected chi connectivity index (χ1v) is 10.0. The molecule has 154 valence electrons. The number of methoxy groups -OCH3 is 1. The van der Waals surface area contributed by atoms with Crippen LogP contribution in [0.4, 0.5) is 11.4 Å². The van der Waals surface area contributed by atoms with E-state index in [2.05, 4.69) is 4.90 Å². The largest absolute Gasteiger partial charge is 0.497 e. The number of carbonyl (C=O) groups is 2. The SMILES string of the molecule is CCCN1C(=O)c2ccc(OC)cc2N(CCCN(C)C)C(=O)c2ccccc21. The zero-order chi connectivity index (χ0) is 21.0. The van der Waals surface area contributed by atoms with Crippen LogP contribution >= 0.6 is 0 Å². The van der Waals surface area contributed by atoms with Crippen molar-refractivity contribution >= 4 is 23.2 Å². The third-order valence-corrected chi connectivity index (χ3v) is 5.08. The molecule has 2 aromatic rings. The highest BCUT2D eigenvalue weighted by atomic mass is 16.5. The Hall–Kier alpha value is -2.86. The van der Waals surface area contributed by atoms with Crippen LogP contribution in [-0.2, 0) is 0 Å². The average molecular weight is 396 g/mol. The zero-order valence-corrected chi connectivity index (χ0v) is 17.6. The van der Waals surface area contributed by atoms with Crippen molar-refractivity contribution in [2.75, 3.05) is 50.6 Å². The second-order valence-electron chi connectivity index (χ2n) is 7.47. The van der Waals surface area contributed by atoms with Gasteiger partial charge in [-0.25, -0.2) is 0 Å². The lowest BCUT2D eigenvalue weighted by Gasteiger charge is -2.33. The third-order valence-electron chi connectivity index (χ3n) is 5.08. The average Bonchev–Trinajstić information content (AvgIpc) is 2.73. The fraction of sp³-hybridized carbons (Fsp3) is 0.391. The molecule has 1 aliphatic heterocycles. The standard InChI is InChI=1S/C23H29N3O3/c1-5-13-25-20-10-7-6-9-18(20)22(27)26(15-8-14-24(2)3)21-16-17(29-4)11-12-19(21)23(25)28/h6-7,9-12,16H,5,8,13-15H2,1-4H3. The molecule has 0 N–H and O–H groups in total. The van der Waals surface area contributed by atoms with E-state index >= 15 is 0 Å². The Morgan fingerprint density at radius 3 is 2.21 bits per heavy atom. The van der Waals surface area contributed by atoms with E-state index in [1.807, 2.05) is 39.2 Å². The molecule has 2 aromatic carbocycles. The lowest BCUT2D eigenvalue weighted by Crippen LogP contribution is -2.41. The maximum atomic E-state index is 13.6. The molecule has 0 atom stereocenters. The van der Waals surface area contributed by atoms with E-state index in [-0.39, 0.29) is 11.8 Å². The number of hydrogen-bond donors (Lipinski definition) is 0. The van der Waals surface area contributed by atoms with Gasteiger partial charge in [0.25, 0.3) is 11.8 Å². The number of hydrogen-bond acceptors (Lipinski definition) is 4. The van der Waals surface area contributed by atoms with Crippen molar-refractivity contribution in [2.24, 2.45) is 0 Å². The van der Waals surface area contributed by atoms with Crippen LogP contribution in [0.5, 0.6) is 5.75 Å². The van der Waals surface area contributed by atoms with Crippen LogP contribution in [0, 0.1) is 0 Å². The molecule has 0 fully saturated rings. The van der Waals surface area contributed by atoms with E-state index in [4.69, 9.17) is 4.74 Å². The number of ether oxygens (including phenoxy) is 1. The summed E-state index contributed by atoms with van der Waals surface area (Å²) in [5.41, 5.74) is 2.34. The molecule has 3 rings (SSSR count). The number of para-hydroxylation sites is 1. The minimum atomic E-state index is -0.0953. The van der Waals surface area contributed by atoms with Crippen molar-refractivity contribution in [1.82, 2.24) is 4.90 Å². The van der Waals surface area contributed by atoms with Gasteiger partial charge >= 0.3 is 0 Å². The molecule has 1 heterocycles. The van der Waals surface area contributed by atoms with Gasteiger partial charge in [0.05, 0.1) is 29.6 Å². The van der Waals surface area contributed by atoms with E-state index in [1.165, 1.54) is 0 Å².